The minimum Gasteiger partial charge on any atom is -0.456 e. The Morgan fingerprint density at radius 1 is 0.750 bits per heavy atom. The van der Waals surface area contributed by atoms with Gasteiger partial charge in [-0.05, 0) is 6.07 Å². The number of benzene rings is 3. The molecule has 0 saturated carbocycles. The summed E-state index contributed by atoms with van der Waals surface area (Å²) in [5.41, 5.74) is 8.99. The zero-order valence-electron chi connectivity index (χ0n) is 12.5. The molecule has 24 heavy (non-hydrogen) atoms. The third kappa shape index (κ3) is 1.47. The van der Waals surface area contributed by atoms with Crippen molar-refractivity contribution in [2.24, 2.45) is 0 Å². The molecule has 0 aliphatic heterocycles. The molecule has 1 aliphatic rings. The molecule has 0 radical (unpaired) electrons. The monoisotopic (exact) mass is 313 g/mol. The van der Waals surface area contributed by atoms with E-state index in [-0.39, 0.29) is 22.8 Å². The van der Waals surface area contributed by atoms with Crippen molar-refractivity contribution in [3.63, 3.8) is 0 Å². The predicted molar refractivity (Wildman–Crippen MR) is 91.4 cm³/mol. The van der Waals surface area contributed by atoms with E-state index in [0.717, 1.165) is 5.39 Å². The fourth-order valence-corrected chi connectivity index (χ4v) is 3.53. The van der Waals surface area contributed by atoms with Gasteiger partial charge in [0.25, 0.3) is 0 Å². The highest BCUT2D eigenvalue weighted by Gasteiger charge is 2.34. The first-order valence-electron chi connectivity index (χ1n) is 7.59. The fourth-order valence-electron chi connectivity index (χ4n) is 3.53. The smallest absolute Gasteiger partial charge is 0.196 e. The second-order valence-corrected chi connectivity index (χ2v) is 5.89. The van der Waals surface area contributed by atoms with Crippen LogP contribution in [0.4, 0.5) is 5.69 Å². The van der Waals surface area contributed by atoms with E-state index in [1.807, 2.05) is 24.3 Å². The van der Waals surface area contributed by atoms with Crippen molar-refractivity contribution in [2.45, 2.75) is 0 Å². The lowest BCUT2D eigenvalue weighted by atomic mass is 9.81. The van der Waals surface area contributed by atoms with Crippen molar-refractivity contribution in [3.8, 4) is 0 Å². The zero-order chi connectivity index (χ0) is 16.4. The second kappa shape index (κ2) is 4.32. The number of ketones is 2. The van der Waals surface area contributed by atoms with Crippen LogP contribution in [0.25, 0.3) is 21.9 Å². The highest BCUT2D eigenvalue weighted by Crippen LogP contribution is 2.40. The molecule has 1 heterocycles. The van der Waals surface area contributed by atoms with E-state index in [4.69, 9.17) is 10.2 Å². The van der Waals surface area contributed by atoms with E-state index in [1.54, 1.807) is 30.3 Å². The number of para-hydroxylation sites is 1. The van der Waals surface area contributed by atoms with E-state index in [1.165, 1.54) is 0 Å². The van der Waals surface area contributed by atoms with Crippen molar-refractivity contribution in [3.05, 3.63) is 76.9 Å². The molecular weight excluding hydrogens is 302 g/mol. The van der Waals surface area contributed by atoms with Crippen LogP contribution in [0.1, 0.15) is 31.8 Å². The summed E-state index contributed by atoms with van der Waals surface area (Å²) in [6, 6.07) is 15.9. The van der Waals surface area contributed by atoms with Crippen molar-refractivity contribution in [2.75, 3.05) is 5.73 Å². The summed E-state index contributed by atoms with van der Waals surface area (Å²) >= 11 is 0. The average molecular weight is 313 g/mol. The molecule has 0 fully saturated rings. The summed E-state index contributed by atoms with van der Waals surface area (Å²) in [5, 5.41) is 1.46. The normalized spacial score (nSPS) is 13.3. The van der Waals surface area contributed by atoms with Crippen molar-refractivity contribution >= 4 is 39.2 Å². The zero-order valence-corrected chi connectivity index (χ0v) is 12.5. The summed E-state index contributed by atoms with van der Waals surface area (Å²) in [7, 11) is 0. The SMILES string of the molecule is Nc1cc2oc3ccccc3c2c2c1C(=O)c1ccccc1C2=O. The highest BCUT2D eigenvalue weighted by atomic mass is 16.3. The van der Waals surface area contributed by atoms with Crippen LogP contribution >= 0.6 is 0 Å². The van der Waals surface area contributed by atoms with E-state index in [0.29, 0.717) is 33.2 Å². The van der Waals surface area contributed by atoms with Crippen molar-refractivity contribution in [1.82, 2.24) is 0 Å². The summed E-state index contributed by atoms with van der Waals surface area (Å²) in [6.07, 6.45) is 0. The lowest BCUT2D eigenvalue weighted by molar-refractivity contribution is 0.0981. The van der Waals surface area contributed by atoms with Gasteiger partial charge >= 0.3 is 0 Å². The Hall–Kier alpha value is -3.40. The third-order valence-electron chi connectivity index (χ3n) is 4.57. The van der Waals surface area contributed by atoms with Gasteiger partial charge in [-0.3, -0.25) is 9.59 Å². The van der Waals surface area contributed by atoms with Gasteiger partial charge < -0.3 is 10.2 Å². The second-order valence-electron chi connectivity index (χ2n) is 5.89. The minimum atomic E-state index is -0.218. The van der Waals surface area contributed by atoms with Crippen LogP contribution in [0.5, 0.6) is 0 Å². The molecule has 1 aliphatic carbocycles. The molecule has 0 amide bonds. The van der Waals surface area contributed by atoms with Crippen LogP contribution in [0, 0.1) is 0 Å². The van der Waals surface area contributed by atoms with Gasteiger partial charge in [-0.15, -0.1) is 0 Å². The van der Waals surface area contributed by atoms with Crippen molar-refractivity contribution < 1.29 is 14.0 Å². The van der Waals surface area contributed by atoms with Crippen LogP contribution < -0.4 is 5.73 Å². The highest BCUT2D eigenvalue weighted by molar-refractivity contribution is 6.35. The maximum Gasteiger partial charge on any atom is 0.196 e. The quantitative estimate of drug-likeness (QED) is 0.439. The molecule has 5 rings (SSSR count). The number of rotatable bonds is 0. The van der Waals surface area contributed by atoms with E-state index >= 15 is 0 Å². The van der Waals surface area contributed by atoms with Crippen LogP contribution in [-0.4, -0.2) is 11.6 Å². The first-order chi connectivity index (χ1) is 11.7. The first-order valence-corrected chi connectivity index (χ1v) is 7.59. The van der Waals surface area contributed by atoms with Gasteiger partial charge in [-0.1, -0.05) is 42.5 Å². The molecule has 114 valence electrons. The number of nitrogens with two attached hydrogens (primary N) is 1. The van der Waals surface area contributed by atoms with Crippen LogP contribution in [0.15, 0.2) is 59.0 Å². The number of hydrogen-bond acceptors (Lipinski definition) is 4. The number of hydrogen-bond donors (Lipinski definition) is 1. The van der Waals surface area contributed by atoms with Crippen LogP contribution in [0.3, 0.4) is 0 Å². The molecule has 0 saturated heterocycles. The number of nitrogen functional groups attached to an aromatic ring is 1. The molecule has 3 aromatic carbocycles. The summed E-state index contributed by atoms with van der Waals surface area (Å²) in [6.45, 7) is 0. The number of carbonyl (C=O) groups excluding carboxylic acids is 2. The third-order valence-corrected chi connectivity index (χ3v) is 4.57. The molecular formula is C20H11NO3. The van der Waals surface area contributed by atoms with E-state index in [2.05, 4.69) is 0 Å². The molecule has 4 heteroatoms. The van der Waals surface area contributed by atoms with Crippen LogP contribution in [0.2, 0.25) is 0 Å². The van der Waals surface area contributed by atoms with Gasteiger partial charge in [0, 0.05) is 39.2 Å². The number of fused-ring (bicyclic) bond motifs is 6. The Balaban J connectivity index is 2.01. The summed E-state index contributed by atoms with van der Waals surface area (Å²) in [4.78, 5) is 26.0. The number of anilines is 1. The summed E-state index contributed by atoms with van der Waals surface area (Å²) < 4.78 is 5.83. The molecule has 0 unspecified atom stereocenters. The molecule has 4 aromatic rings. The Bertz CT molecular complexity index is 1200. The summed E-state index contributed by atoms with van der Waals surface area (Å²) in [5.74, 6) is -0.408. The van der Waals surface area contributed by atoms with E-state index in [9.17, 15) is 9.59 Å². The van der Waals surface area contributed by atoms with Gasteiger partial charge in [0.2, 0.25) is 0 Å². The Labute approximate surface area is 136 Å². The van der Waals surface area contributed by atoms with Gasteiger partial charge in [-0.25, -0.2) is 0 Å². The van der Waals surface area contributed by atoms with Gasteiger partial charge in [0.15, 0.2) is 11.6 Å². The maximum atomic E-state index is 13.1. The maximum absolute atomic E-state index is 13.1. The first kappa shape index (κ1) is 13.1. The number of furan rings is 1. The fraction of sp³-hybridized carbons (Fsp3) is 0. The molecule has 2 N–H and O–H groups in total. The molecule has 1 aromatic heterocycles. The van der Waals surface area contributed by atoms with Crippen LogP contribution in [-0.2, 0) is 0 Å². The standard InChI is InChI=1S/C20H11NO3/c21-13-9-15-16(12-7-3-4-8-14(12)24-15)18-17(13)19(22)10-5-1-2-6-11(10)20(18)23/h1-9H,21H2. The molecule has 4 nitrogen and oxygen atoms in total. The Morgan fingerprint density at radius 3 is 2.12 bits per heavy atom. The van der Waals surface area contributed by atoms with Gasteiger partial charge in [-0.2, -0.15) is 0 Å². The minimum absolute atomic E-state index is 0.191. The van der Waals surface area contributed by atoms with Crippen molar-refractivity contribution in [1.29, 1.82) is 0 Å². The number of carbonyl (C=O) groups is 2. The van der Waals surface area contributed by atoms with Gasteiger partial charge in [0.05, 0.1) is 5.56 Å². The van der Waals surface area contributed by atoms with E-state index < -0.39 is 0 Å². The topological polar surface area (TPSA) is 73.3 Å². The lowest BCUT2D eigenvalue weighted by Gasteiger charge is -2.19. The molecule has 0 bridgehead atoms. The molecule has 0 atom stereocenters. The molecule has 0 spiro atoms. The predicted octanol–water partition coefficient (Wildman–Crippen LogP) is 3.94. The Morgan fingerprint density at radius 2 is 1.38 bits per heavy atom. The lowest BCUT2D eigenvalue weighted by Crippen LogP contribution is -2.22. The Kier molecular flexibility index (Phi) is 2.36. The average Bonchev–Trinajstić information content (AvgIpc) is 2.96. The largest absolute Gasteiger partial charge is 0.456 e. The van der Waals surface area contributed by atoms with Gasteiger partial charge in [0.1, 0.15) is 11.2 Å².